The second-order valence-electron chi connectivity index (χ2n) is 8.69. The van der Waals surface area contributed by atoms with E-state index in [0.717, 1.165) is 61.9 Å². The standard InChI is InChI=1S/C23H30N4O3/c1-15(28)4-2-3-11-27-12-9-16(10-13-27)17-5-6-18-20(14-17)25-26-22(18)19-7-8-21(29)24-23(19)30/h5-6,14,16,19H,2-4,7-13H2,1H3,(H,25,26)(H,24,29,30). The number of rotatable bonds is 7. The number of carbonyl (C=O) groups excluding carboxylic acids is 3. The Hall–Kier alpha value is -2.54. The molecule has 1 atom stereocenters. The van der Waals surface area contributed by atoms with Crippen LogP contribution in [0.3, 0.4) is 0 Å². The van der Waals surface area contributed by atoms with Gasteiger partial charge in [0.05, 0.1) is 17.1 Å². The number of hydrogen-bond acceptors (Lipinski definition) is 5. The Kier molecular flexibility index (Phi) is 6.27. The lowest BCUT2D eigenvalue weighted by atomic mass is 9.88. The molecule has 30 heavy (non-hydrogen) atoms. The van der Waals surface area contributed by atoms with Gasteiger partial charge in [0.25, 0.3) is 0 Å². The van der Waals surface area contributed by atoms with Crippen molar-refractivity contribution in [3.8, 4) is 0 Å². The maximum atomic E-state index is 12.2. The number of hydrogen-bond donors (Lipinski definition) is 2. The molecular weight excluding hydrogens is 380 g/mol. The van der Waals surface area contributed by atoms with Crippen molar-refractivity contribution in [3.63, 3.8) is 0 Å². The molecule has 2 aliphatic heterocycles. The Labute approximate surface area is 176 Å². The summed E-state index contributed by atoms with van der Waals surface area (Å²) in [5, 5.41) is 10.9. The number of Topliss-reactive ketones (excluding diaryl/α,β-unsaturated/α-hetero) is 1. The number of imide groups is 1. The van der Waals surface area contributed by atoms with Gasteiger partial charge in [0.2, 0.25) is 11.8 Å². The minimum Gasteiger partial charge on any atom is -0.303 e. The van der Waals surface area contributed by atoms with Gasteiger partial charge in [-0.2, -0.15) is 5.10 Å². The largest absolute Gasteiger partial charge is 0.303 e. The smallest absolute Gasteiger partial charge is 0.235 e. The number of fused-ring (bicyclic) bond motifs is 1. The van der Waals surface area contributed by atoms with Crippen LogP contribution in [0.2, 0.25) is 0 Å². The number of unbranched alkanes of at least 4 members (excludes halogenated alkanes) is 1. The zero-order chi connectivity index (χ0) is 21.1. The van der Waals surface area contributed by atoms with Crippen LogP contribution in [0.25, 0.3) is 10.9 Å². The Morgan fingerprint density at radius 3 is 2.70 bits per heavy atom. The van der Waals surface area contributed by atoms with Gasteiger partial charge in [0.1, 0.15) is 5.78 Å². The van der Waals surface area contributed by atoms with Crippen molar-refractivity contribution < 1.29 is 14.4 Å². The molecule has 7 nitrogen and oxygen atoms in total. The number of amides is 2. The van der Waals surface area contributed by atoms with E-state index in [1.807, 2.05) is 0 Å². The fourth-order valence-corrected chi connectivity index (χ4v) is 4.74. The molecule has 2 saturated heterocycles. The van der Waals surface area contributed by atoms with Crippen molar-refractivity contribution in [2.24, 2.45) is 0 Å². The average Bonchev–Trinajstić information content (AvgIpc) is 3.14. The van der Waals surface area contributed by atoms with Crippen LogP contribution in [0.5, 0.6) is 0 Å². The topological polar surface area (TPSA) is 95.2 Å². The van der Waals surface area contributed by atoms with Crippen LogP contribution in [0.1, 0.15) is 75.0 Å². The summed E-state index contributed by atoms with van der Waals surface area (Å²) in [6.45, 7) is 4.92. The number of nitrogens with zero attached hydrogens (tertiary/aromatic N) is 2. The van der Waals surface area contributed by atoms with Crippen LogP contribution < -0.4 is 5.32 Å². The third kappa shape index (κ3) is 4.61. The van der Waals surface area contributed by atoms with Crippen LogP contribution in [0, 0.1) is 0 Å². The van der Waals surface area contributed by atoms with Crippen LogP contribution in [-0.4, -0.2) is 52.3 Å². The lowest BCUT2D eigenvalue weighted by Gasteiger charge is -2.32. The number of nitrogens with one attached hydrogen (secondary N) is 2. The quantitative estimate of drug-likeness (QED) is 0.540. The molecule has 0 aliphatic carbocycles. The number of carbonyl (C=O) groups is 3. The summed E-state index contributed by atoms with van der Waals surface area (Å²) >= 11 is 0. The highest BCUT2D eigenvalue weighted by molar-refractivity contribution is 6.02. The first-order chi connectivity index (χ1) is 14.5. The number of likely N-dealkylation sites (tertiary alicyclic amines) is 1. The van der Waals surface area contributed by atoms with Crippen LogP contribution in [-0.2, 0) is 14.4 Å². The third-order valence-electron chi connectivity index (χ3n) is 6.51. The fraction of sp³-hybridized carbons (Fsp3) is 0.565. The Balaban J connectivity index is 1.36. The van der Waals surface area contributed by atoms with Crippen molar-refractivity contribution in [2.75, 3.05) is 19.6 Å². The van der Waals surface area contributed by atoms with Crippen LogP contribution in [0.4, 0.5) is 0 Å². The number of piperidine rings is 2. The van der Waals surface area contributed by atoms with Crippen LogP contribution in [0.15, 0.2) is 18.2 Å². The van der Waals surface area contributed by atoms with Gasteiger partial charge in [-0.25, -0.2) is 0 Å². The van der Waals surface area contributed by atoms with E-state index in [4.69, 9.17) is 0 Å². The molecule has 2 N–H and O–H groups in total. The molecule has 1 unspecified atom stereocenters. The van der Waals surface area contributed by atoms with Gasteiger partial charge in [-0.1, -0.05) is 12.1 Å². The molecule has 0 spiro atoms. The van der Waals surface area contributed by atoms with Gasteiger partial charge >= 0.3 is 0 Å². The summed E-state index contributed by atoms with van der Waals surface area (Å²) in [6.07, 6.45) is 5.91. The van der Waals surface area contributed by atoms with Crippen LogP contribution >= 0.6 is 0 Å². The highest BCUT2D eigenvalue weighted by atomic mass is 16.2. The number of aromatic nitrogens is 2. The van der Waals surface area contributed by atoms with E-state index in [2.05, 4.69) is 38.6 Å². The lowest BCUT2D eigenvalue weighted by Crippen LogP contribution is -2.39. The SMILES string of the molecule is CC(=O)CCCCN1CCC(c2ccc3c(C4CCC(=O)NC4=O)[nH]nc3c2)CC1. The first-order valence-electron chi connectivity index (χ1n) is 11.0. The second-order valence-corrected chi connectivity index (χ2v) is 8.69. The van der Waals surface area contributed by atoms with Crippen molar-refractivity contribution in [1.29, 1.82) is 0 Å². The van der Waals surface area contributed by atoms with E-state index in [1.165, 1.54) is 5.56 Å². The van der Waals surface area contributed by atoms with E-state index < -0.39 is 0 Å². The van der Waals surface area contributed by atoms with Crippen molar-refractivity contribution in [2.45, 2.75) is 63.7 Å². The van der Waals surface area contributed by atoms with Gasteiger partial charge in [0.15, 0.2) is 0 Å². The number of ketones is 1. The first kappa shape index (κ1) is 20.7. The normalized spacial score (nSPS) is 21.2. The maximum Gasteiger partial charge on any atom is 0.235 e. The summed E-state index contributed by atoms with van der Waals surface area (Å²) in [4.78, 5) is 37.2. The van der Waals surface area contributed by atoms with Gasteiger partial charge < -0.3 is 9.69 Å². The number of benzene rings is 1. The second kappa shape index (κ2) is 9.08. The molecule has 7 heteroatoms. The minimum atomic E-state index is -0.343. The van der Waals surface area contributed by atoms with Crippen molar-refractivity contribution >= 4 is 28.5 Å². The average molecular weight is 411 g/mol. The van der Waals surface area contributed by atoms with Gasteiger partial charge in [0, 0.05) is 18.2 Å². The third-order valence-corrected chi connectivity index (χ3v) is 6.51. The van der Waals surface area contributed by atoms with E-state index in [0.29, 0.717) is 25.2 Å². The minimum absolute atomic E-state index is 0.201. The van der Waals surface area contributed by atoms with E-state index >= 15 is 0 Å². The summed E-state index contributed by atoms with van der Waals surface area (Å²) in [5.41, 5.74) is 3.00. The predicted molar refractivity (Wildman–Crippen MR) is 114 cm³/mol. The molecule has 1 aromatic carbocycles. The number of H-pyrrole nitrogens is 1. The van der Waals surface area contributed by atoms with E-state index in [9.17, 15) is 14.4 Å². The molecule has 2 amide bonds. The maximum absolute atomic E-state index is 12.2. The Morgan fingerprint density at radius 2 is 1.97 bits per heavy atom. The zero-order valence-corrected chi connectivity index (χ0v) is 17.6. The molecule has 2 aromatic rings. The molecule has 3 heterocycles. The first-order valence-corrected chi connectivity index (χ1v) is 11.0. The molecule has 2 aliphatic rings. The Morgan fingerprint density at radius 1 is 1.17 bits per heavy atom. The fourth-order valence-electron chi connectivity index (χ4n) is 4.74. The summed E-state index contributed by atoms with van der Waals surface area (Å²) in [6, 6.07) is 6.39. The molecule has 0 bridgehead atoms. The summed E-state index contributed by atoms with van der Waals surface area (Å²) in [7, 11) is 0. The molecule has 1 aromatic heterocycles. The lowest BCUT2D eigenvalue weighted by molar-refractivity contribution is -0.134. The summed E-state index contributed by atoms with van der Waals surface area (Å²) < 4.78 is 0. The van der Waals surface area contributed by atoms with Gasteiger partial charge in [-0.3, -0.25) is 20.0 Å². The van der Waals surface area contributed by atoms with E-state index in [-0.39, 0.29) is 23.5 Å². The zero-order valence-electron chi connectivity index (χ0n) is 17.6. The molecule has 0 radical (unpaired) electrons. The number of aromatic amines is 1. The highest BCUT2D eigenvalue weighted by Crippen LogP contribution is 2.33. The monoisotopic (exact) mass is 410 g/mol. The predicted octanol–water partition coefficient (Wildman–Crippen LogP) is 3.02. The molecule has 2 fully saturated rings. The van der Waals surface area contributed by atoms with Gasteiger partial charge in [-0.15, -0.1) is 0 Å². The molecule has 0 saturated carbocycles. The molecular formula is C23H30N4O3. The Bertz CT molecular complexity index is 943. The molecule has 4 rings (SSSR count). The van der Waals surface area contributed by atoms with E-state index in [1.54, 1.807) is 6.92 Å². The van der Waals surface area contributed by atoms with Gasteiger partial charge in [-0.05, 0) is 76.2 Å². The summed E-state index contributed by atoms with van der Waals surface area (Å²) in [5.74, 6) is 0.0238. The highest BCUT2D eigenvalue weighted by Gasteiger charge is 2.31. The van der Waals surface area contributed by atoms with Crippen molar-refractivity contribution in [1.82, 2.24) is 20.4 Å². The molecule has 160 valence electrons. The van der Waals surface area contributed by atoms with Crippen molar-refractivity contribution in [3.05, 3.63) is 29.5 Å².